The standard InChI is InChI=1S/C18H19FN4/c1-22-10-8-15(12-22)23-17(11-13-4-6-14(19)7-5-13)21-16-3-2-9-20-18(16)23/h2-7,9,15H,8,10-12H2,1H3. The minimum Gasteiger partial charge on any atom is -0.308 e. The van der Waals surface area contributed by atoms with E-state index in [9.17, 15) is 4.39 Å². The van der Waals surface area contributed by atoms with Crippen LogP contribution in [0.1, 0.15) is 23.9 Å². The Hall–Kier alpha value is -2.27. The molecule has 118 valence electrons. The molecule has 4 nitrogen and oxygen atoms in total. The van der Waals surface area contributed by atoms with Crippen LogP contribution in [0.25, 0.3) is 11.2 Å². The molecule has 2 aromatic heterocycles. The highest BCUT2D eigenvalue weighted by Crippen LogP contribution is 2.27. The number of hydrogen-bond donors (Lipinski definition) is 0. The summed E-state index contributed by atoms with van der Waals surface area (Å²) in [6.07, 6.45) is 3.62. The number of imidazole rings is 1. The van der Waals surface area contributed by atoms with Gasteiger partial charge in [-0.1, -0.05) is 12.1 Å². The Kier molecular flexibility index (Phi) is 3.58. The Bertz CT molecular complexity index is 825. The molecule has 1 saturated heterocycles. The quantitative estimate of drug-likeness (QED) is 0.745. The number of likely N-dealkylation sites (N-methyl/N-ethyl adjacent to an activating group) is 1. The van der Waals surface area contributed by atoms with Gasteiger partial charge in [-0.2, -0.15) is 0 Å². The van der Waals surface area contributed by atoms with Gasteiger partial charge >= 0.3 is 0 Å². The van der Waals surface area contributed by atoms with Crippen LogP contribution in [0.5, 0.6) is 0 Å². The summed E-state index contributed by atoms with van der Waals surface area (Å²) >= 11 is 0. The van der Waals surface area contributed by atoms with Gasteiger partial charge < -0.3 is 9.47 Å². The van der Waals surface area contributed by atoms with E-state index in [4.69, 9.17) is 4.98 Å². The molecule has 0 bridgehead atoms. The van der Waals surface area contributed by atoms with Gasteiger partial charge in [0.2, 0.25) is 0 Å². The molecular formula is C18H19FN4. The van der Waals surface area contributed by atoms with Crippen LogP contribution in [0.2, 0.25) is 0 Å². The molecule has 3 aromatic rings. The van der Waals surface area contributed by atoms with E-state index >= 15 is 0 Å². The molecule has 1 aromatic carbocycles. The molecule has 1 fully saturated rings. The highest BCUT2D eigenvalue weighted by Gasteiger charge is 2.25. The van der Waals surface area contributed by atoms with Crippen LogP contribution in [0.3, 0.4) is 0 Å². The lowest BCUT2D eigenvalue weighted by atomic mass is 10.1. The van der Waals surface area contributed by atoms with Gasteiger partial charge in [0.1, 0.15) is 17.2 Å². The summed E-state index contributed by atoms with van der Waals surface area (Å²) in [4.78, 5) is 11.7. The number of benzene rings is 1. The fraction of sp³-hybridized carbons (Fsp3) is 0.333. The maximum atomic E-state index is 13.1. The van der Waals surface area contributed by atoms with Crippen molar-refractivity contribution in [3.63, 3.8) is 0 Å². The lowest BCUT2D eigenvalue weighted by Crippen LogP contribution is -2.18. The topological polar surface area (TPSA) is 34.0 Å². The predicted octanol–water partition coefficient (Wildman–Crippen LogP) is 3.04. The fourth-order valence-electron chi connectivity index (χ4n) is 3.39. The minimum absolute atomic E-state index is 0.207. The van der Waals surface area contributed by atoms with Crippen molar-refractivity contribution in [1.29, 1.82) is 0 Å². The summed E-state index contributed by atoms with van der Waals surface area (Å²) in [7, 11) is 2.15. The molecule has 0 aliphatic carbocycles. The normalized spacial score (nSPS) is 18.8. The molecule has 1 unspecified atom stereocenters. The molecule has 4 rings (SSSR count). The Morgan fingerprint density at radius 1 is 1.22 bits per heavy atom. The second-order valence-corrected chi connectivity index (χ2v) is 6.25. The predicted molar refractivity (Wildman–Crippen MR) is 87.9 cm³/mol. The average Bonchev–Trinajstić information content (AvgIpc) is 3.12. The molecule has 0 spiro atoms. The third-order valence-electron chi connectivity index (χ3n) is 4.53. The molecule has 23 heavy (non-hydrogen) atoms. The van der Waals surface area contributed by atoms with E-state index in [1.165, 1.54) is 12.1 Å². The Morgan fingerprint density at radius 2 is 2.04 bits per heavy atom. The monoisotopic (exact) mass is 310 g/mol. The summed E-state index contributed by atoms with van der Waals surface area (Å²) in [5, 5.41) is 0. The molecule has 0 saturated carbocycles. The van der Waals surface area contributed by atoms with Crippen molar-refractivity contribution in [1.82, 2.24) is 19.4 Å². The summed E-state index contributed by atoms with van der Waals surface area (Å²) in [6, 6.07) is 11.0. The van der Waals surface area contributed by atoms with Gasteiger partial charge in [0, 0.05) is 19.2 Å². The zero-order chi connectivity index (χ0) is 15.8. The summed E-state index contributed by atoms with van der Waals surface area (Å²) in [5.41, 5.74) is 2.94. The minimum atomic E-state index is -0.207. The second-order valence-electron chi connectivity index (χ2n) is 6.25. The highest BCUT2D eigenvalue weighted by atomic mass is 19.1. The Morgan fingerprint density at radius 3 is 2.78 bits per heavy atom. The van der Waals surface area contributed by atoms with Crippen molar-refractivity contribution < 1.29 is 4.39 Å². The first kappa shape index (κ1) is 14.3. The maximum absolute atomic E-state index is 13.1. The zero-order valence-corrected chi connectivity index (χ0v) is 13.1. The lowest BCUT2D eigenvalue weighted by Gasteiger charge is -2.16. The molecule has 1 atom stereocenters. The third-order valence-corrected chi connectivity index (χ3v) is 4.53. The van der Waals surface area contributed by atoms with Gasteiger partial charge in [-0.25, -0.2) is 14.4 Å². The van der Waals surface area contributed by atoms with E-state index in [1.807, 2.05) is 30.5 Å². The van der Waals surface area contributed by atoms with Crippen LogP contribution in [-0.4, -0.2) is 39.6 Å². The van der Waals surface area contributed by atoms with E-state index in [-0.39, 0.29) is 5.82 Å². The highest BCUT2D eigenvalue weighted by molar-refractivity contribution is 5.71. The number of nitrogens with zero attached hydrogens (tertiary/aromatic N) is 4. The SMILES string of the molecule is CN1CCC(n2c(Cc3ccc(F)cc3)nc3cccnc32)C1. The van der Waals surface area contributed by atoms with Crippen molar-refractivity contribution in [2.75, 3.05) is 20.1 Å². The van der Waals surface area contributed by atoms with Crippen LogP contribution < -0.4 is 0 Å². The van der Waals surface area contributed by atoms with Crippen molar-refractivity contribution in [3.05, 3.63) is 59.8 Å². The average molecular weight is 310 g/mol. The van der Waals surface area contributed by atoms with E-state index in [2.05, 4.69) is 21.5 Å². The smallest absolute Gasteiger partial charge is 0.160 e. The van der Waals surface area contributed by atoms with Crippen LogP contribution in [0, 0.1) is 5.82 Å². The van der Waals surface area contributed by atoms with Crippen molar-refractivity contribution in [2.24, 2.45) is 0 Å². The lowest BCUT2D eigenvalue weighted by molar-refractivity contribution is 0.392. The number of likely N-dealkylation sites (tertiary alicyclic amines) is 1. The number of hydrogen-bond acceptors (Lipinski definition) is 3. The van der Waals surface area contributed by atoms with Gasteiger partial charge in [-0.15, -0.1) is 0 Å². The molecular weight excluding hydrogens is 291 g/mol. The first-order valence-electron chi connectivity index (χ1n) is 7.95. The van der Waals surface area contributed by atoms with Gasteiger partial charge in [-0.05, 0) is 49.8 Å². The molecule has 0 radical (unpaired) electrons. The second kappa shape index (κ2) is 5.74. The Balaban J connectivity index is 1.77. The van der Waals surface area contributed by atoms with Gasteiger partial charge in [0.05, 0.1) is 6.04 Å². The molecule has 0 N–H and O–H groups in total. The molecule has 1 aliphatic heterocycles. The van der Waals surface area contributed by atoms with Crippen molar-refractivity contribution >= 4 is 11.2 Å². The number of fused-ring (bicyclic) bond motifs is 1. The van der Waals surface area contributed by atoms with Crippen LogP contribution in [-0.2, 0) is 6.42 Å². The number of pyridine rings is 1. The summed E-state index contributed by atoms with van der Waals surface area (Å²) < 4.78 is 15.4. The summed E-state index contributed by atoms with van der Waals surface area (Å²) in [5.74, 6) is 0.798. The van der Waals surface area contributed by atoms with Crippen LogP contribution in [0.4, 0.5) is 4.39 Å². The van der Waals surface area contributed by atoms with Crippen LogP contribution >= 0.6 is 0 Å². The van der Waals surface area contributed by atoms with Crippen molar-refractivity contribution in [3.8, 4) is 0 Å². The largest absolute Gasteiger partial charge is 0.308 e. The van der Waals surface area contributed by atoms with Gasteiger partial charge in [0.15, 0.2) is 5.65 Å². The van der Waals surface area contributed by atoms with Gasteiger partial charge in [-0.3, -0.25) is 0 Å². The first-order chi connectivity index (χ1) is 11.2. The van der Waals surface area contributed by atoms with Crippen molar-refractivity contribution in [2.45, 2.75) is 18.9 Å². The first-order valence-corrected chi connectivity index (χ1v) is 7.95. The summed E-state index contributed by atoms with van der Waals surface area (Å²) in [6.45, 7) is 2.10. The Labute approximate surface area is 134 Å². The molecule has 3 heterocycles. The zero-order valence-electron chi connectivity index (χ0n) is 13.1. The molecule has 0 amide bonds. The number of halogens is 1. The fourth-order valence-corrected chi connectivity index (χ4v) is 3.39. The molecule has 5 heteroatoms. The van der Waals surface area contributed by atoms with E-state index in [0.717, 1.165) is 42.1 Å². The molecule has 1 aliphatic rings. The van der Waals surface area contributed by atoms with E-state index < -0.39 is 0 Å². The van der Waals surface area contributed by atoms with E-state index in [1.54, 1.807) is 0 Å². The van der Waals surface area contributed by atoms with E-state index in [0.29, 0.717) is 12.5 Å². The van der Waals surface area contributed by atoms with Gasteiger partial charge in [0.25, 0.3) is 0 Å². The number of rotatable bonds is 3. The van der Waals surface area contributed by atoms with Crippen LogP contribution in [0.15, 0.2) is 42.6 Å². The maximum Gasteiger partial charge on any atom is 0.160 e. The number of aromatic nitrogens is 3. The third kappa shape index (κ3) is 2.72.